The molecule has 3 heteroatoms. The van der Waals surface area contributed by atoms with E-state index in [1.807, 2.05) is 0 Å². The first-order valence-corrected chi connectivity index (χ1v) is 6.65. The SMILES string of the molecule is CCNc1c(C)c(C)nc2c(Br)ccc(C)c12. The third kappa shape index (κ3) is 2.04. The summed E-state index contributed by atoms with van der Waals surface area (Å²) in [6, 6.07) is 4.19. The fourth-order valence-corrected chi connectivity index (χ4v) is 2.53. The Balaban J connectivity index is 2.92. The number of pyridine rings is 1. The van der Waals surface area contributed by atoms with Gasteiger partial charge in [-0.05, 0) is 60.8 Å². The van der Waals surface area contributed by atoms with Crippen LogP contribution in [0.2, 0.25) is 0 Å². The van der Waals surface area contributed by atoms with E-state index in [0.717, 1.165) is 22.2 Å². The zero-order chi connectivity index (χ0) is 12.6. The van der Waals surface area contributed by atoms with Gasteiger partial charge in [-0.1, -0.05) is 6.07 Å². The molecular formula is C14H17BrN2. The summed E-state index contributed by atoms with van der Waals surface area (Å²) < 4.78 is 1.06. The fraction of sp³-hybridized carbons (Fsp3) is 0.357. The van der Waals surface area contributed by atoms with Gasteiger partial charge < -0.3 is 5.32 Å². The molecule has 1 aromatic carbocycles. The molecule has 90 valence electrons. The molecule has 0 fully saturated rings. The molecule has 0 amide bonds. The second-order valence-electron chi connectivity index (χ2n) is 4.32. The monoisotopic (exact) mass is 292 g/mol. The van der Waals surface area contributed by atoms with Crippen molar-refractivity contribution in [1.82, 2.24) is 4.98 Å². The summed E-state index contributed by atoms with van der Waals surface area (Å²) in [5.41, 5.74) is 5.84. The Morgan fingerprint density at radius 2 is 1.94 bits per heavy atom. The van der Waals surface area contributed by atoms with Crippen molar-refractivity contribution >= 4 is 32.5 Å². The normalized spacial score (nSPS) is 10.9. The van der Waals surface area contributed by atoms with Gasteiger partial charge in [-0.25, -0.2) is 0 Å². The molecule has 2 rings (SSSR count). The van der Waals surface area contributed by atoms with Crippen LogP contribution >= 0.6 is 15.9 Å². The van der Waals surface area contributed by atoms with Crippen LogP contribution in [0, 0.1) is 20.8 Å². The van der Waals surface area contributed by atoms with Gasteiger partial charge in [0.25, 0.3) is 0 Å². The van der Waals surface area contributed by atoms with E-state index in [4.69, 9.17) is 4.98 Å². The first kappa shape index (κ1) is 12.4. The Hall–Kier alpha value is -1.09. The molecule has 0 radical (unpaired) electrons. The number of hydrogen-bond donors (Lipinski definition) is 1. The Labute approximate surface area is 111 Å². The molecule has 2 nitrogen and oxygen atoms in total. The van der Waals surface area contributed by atoms with Crippen LogP contribution in [0.5, 0.6) is 0 Å². The number of aromatic nitrogens is 1. The van der Waals surface area contributed by atoms with Gasteiger partial charge in [-0.3, -0.25) is 4.98 Å². The van der Waals surface area contributed by atoms with Gasteiger partial charge in [0, 0.05) is 27.8 Å². The van der Waals surface area contributed by atoms with E-state index >= 15 is 0 Å². The molecule has 0 atom stereocenters. The van der Waals surface area contributed by atoms with Gasteiger partial charge in [-0.2, -0.15) is 0 Å². The molecule has 0 saturated heterocycles. The van der Waals surface area contributed by atoms with Crippen LogP contribution in [-0.4, -0.2) is 11.5 Å². The lowest BCUT2D eigenvalue weighted by Crippen LogP contribution is -2.04. The van der Waals surface area contributed by atoms with Gasteiger partial charge >= 0.3 is 0 Å². The molecule has 0 aliphatic rings. The van der Waals surface area contributed by atoms with E-state index in [0.29, 0.717) is 0 Å². The zero-order valence-corrected chi connectivity index (χ0v) is 12.3. The number of rotatable bonds is 2. The predicted octanol–water partition coefficient (Wildman–Crippen LogP) is 4.35. The first-order chi connectivity index (χ1) is 8.06. The van der Waals surface area contributed by atoms with Crippen molar-refractivity contribution in [3.05, 3.63) is 33.4 Å². The van der Waals surface area contributed by atoms with Crippen LogP contribution in [0.15, 0.2) is 16.6 Å². The van der Waals surface area contributed by atoms with Crippen molar-refractivity contribution in [3.63, 3.8) is 0 Å². The molecule has 0 saturated carbocycles. The Kier molecular flexibility index (Phi) is 3.38. The highest BCUT2D eigenvalue weighted by atomic mass is 79.9. The molecule has 0 bridgehead atoms. The summed E-state index contributed by atoms with van der Waals surface area (Å²) in [6.07, 6.45) is 0. The number of aryl methyl sites for hydroxylation is 2. The number of benzene rings is 1. The quantitative estimate of drug-likeness (QED) is 0.890. The lowest BCUT2D eigenvalue weighted by molar-refractivity contribution is 1.15. The number of halogens is 1. The topological polar surface area (TPSA) is 24.9 Å². The van der Waals surface area contributed by atoms with E-state index in [1.54, 1.807) is 0 Å². The maximum absolute atomic E-state index is 4.69. The molecule has 1 N–H and O–H groups in total. The second-order valence-corrected chi connectivity index (χ2v) is 5.17. The third-order valence-corrected chi connectivity index (χ3v) is 3.78. The number of nitrogens with zero attached hydrogens (tertiary/aromatic N) is 1. The number of nitrogens with one attached hydrogen (secondary N) is 1. The van der Waals surface area contributed by atoms with Crippen molar-refractivity contribution in [2.75, 3.05) is 11.9 Å². The maximum Gasteiger partial charge on any atom is 0.0870 e. The summed E-state index contributed by atoms with van der Waals surface area (Å²) in [4.78, 5) is 4.69. The smallest absolute Gasteiger partial charge is 0.0870 e. The zero-order valence-electron chi connectivity index (χ0n) is 10.7. The molecule has 0 spiro atoms. The van der Waals surface area contributed by atoms with E-state index in [-0.39, 0.29) is 0 Å². The van der Waals surface area contributed by atoms with Gasteiger partial charge in [0.2, 0.25) is 0 Å². The minimum Gasteiger partial charge on any atom is -0.384 e. The summed E-state index contributed by atoms with van der Waals surface area (Å²) in [5, 5.41) is 4.69. The Bertz CT molecular complexity index is 576. The third-order valence-electron chi connectivity index (χ3n) is 3.14. The lowest BCUT2D eigenvalue weighted by atomic mass is 10.0. The molecular weight excluding hydrogens is 276 g/mol. The van der Waals surface area contributed by atoms with Crippen LogP contribution in [-0.2, 0) is 0 Å². The highest BCUT2D eigenvalue weighted by molar-refractivity contribution is 9.10. The predicted molar refractivity (Wildman–Crippen MR) is 77.8 cm³/mol. The van der Waals surface area contributed by atoms with Crippen LogP contribution in [0.4, 0.5) is 5.69 Å². The number of hydrogen-bond acceptors (Lipinski definition) is 2. The molecule has 1 heterocycles. The average Bonchev–Trinajstić information content (AvgIpc) is 2.30. The van der Waals surface area contributed by atoms with Crippen LogP contribution in [0.3, 0.4) is 0 Å². The Morgan fingerprint density at radius 1 is 1.24 bits per heavy atom. The molecule has 0 aliphatic heterocycles. The van der Waals surface area contributed by atoms with Crippen LogP contribution < -0.4 is 5.32 Å². The largest absolute Gasteiger partial charge is 0.384 e. The van der Waals surface area contributed by atoms with Gasteiger partial charge in [-0.15, -0.1) is 0 Å². The molecule has 0 unspecified atom stereocenters. The highest BCUT2D eigenvalue weighted by Gasteiger charge is 2.12. The van der Waals surface area contributed by atoms with Gasteiger partial charge in [0.1, 0.15) is 0 Å². The van der Waals surface area contributed by atoms with Crippen molar-refractivity contribution in [1.29, 1.82) is 0 Å². The van der Waals surface area contributed by atoms with E-state index in [2.05, 4.69) is 61.1 Å². The summed E-state index contributed by atoms with van der Waals surface area (Å²) in [6.45, 7) is 9.36. The van der Waals surface area contributed by atoms with Crippen molar-refractivity contribution in [2.24, 2.45) is 0 Å². The van der Waals surface area contributed by atoms with Crippen LogP contribution in [0.1, 0.15) is 23.7 Å². The van der Waals surface area contributed by atoms with E-state index < -0.39 is 0 Å². The fourth-order valence-electron chi connectivity index (χ4n) is 2.11. The summed E-state index contributed by atoms with van der Waals surface area (Å²) in [5.74, 6) is 0. The van der Waals surface area contributed by atoms with Gasteiger partial charge in [0.15, 0.2) is 0 Å². The molecule has 0 aliphatic carbocycles. The molecule has 2 aromatic rings. The van der Waals surface area contributed by atoms with Crippen LogP contribution in [0.25, 0.3) is 10.9 Å². The van der Waals surface area contributed by atoms with Crippen molar-refractivity contribution in [3.8, 4) is 0 Å². The lowest BCUT2D eigenvalue weighted by Gasteiger charge is -2.16. The van der Waals surface area contributed by atoms with Crippen molar-refractivity contribution < 1.29 is 0 Å². The highest BCUT2D eigenvalue weighted by Crippen LogP contribution is 2.34. The average molecular weight is 293 g/mol. The van der Waals surface area contributed by atoms with Crippen molar-refractivity contribution in [2.45, 2.75) is 27.7 Å². The minimum absolute atomic E-state index is 0.922. The number of fused-ring (bicyclic) bond motifs is 1. The van der Waals surface area contributed by atoms with E-state index in [1.165, 1.54) is 22.2 Å². The summed E-state index contributed by atoms with van der Waals surface area (Å²) in [7, 11) is 0. The minimum atomic E-state index is 0.922. The summed E-state index contributed by atoms with van der Waals surface area (Å²) >= 11 is 3.58. The molecule has 1 aromatic heterocycles. The number of anilines is 1. The maximum atomic E-state index is 4.69. The van der Waals surface area contributed by atoms with E-state index in [9.17, 15) is 0 Å². The molecule has 17 heavy (non-hydrogen) atoms. The standard InChI is InChI=1S/C14H17BrN2/c1-5-16-13-9(3)10(4)17-14-11(15)7-6-8(2)12(13)14/h6-7H,5H2,1-4H3,(H,16,17). The Morgan fingerprint density at radius 3 is 2.59 bits per heavy atom. The first-order valence-electron chi connectivity index (χ1n) is 5.86. The van der Waals surface area contributed by atoms with Gasteiger partial charge in [0.05, 0.1) is 5.52 Å². The second kappa shape index (κ2) is 4.65.